The molecule has 190 valence electrons. The number of amides is 3. The van der Waals surface area contributed by atoms with Gasteiger partial charge in [-0.25, -0.2) is 13.9 Å². The van der Waals surface area contributed by atoms with Gasteiger partial charge in [0.15, 0.2) is 0 Å². The molecule has 11 nitrogen and oxygen atoms in total. The molecule has 0 radical (unpaired) electrons. The van der Waals surface area contributed by atoms with Crippen LogP contribution in [-0.2, 0) is 29.9 Å². The maximum absolute atomic E-state index is 13.2. The molecule has 0 bridgehead atoms. The van der Waals surface area contributed by atoms with Crippen molar-refractivity contribution in [1.29, 1.82) is 0 Å². The standard InChI is InChI=1S/C22H22FN4O7PS/c1-14-19(36-21(25-14)15-5-7-16(23)8-6-15)9-10-27(13-34-35(31,32)33)22(30)20(29)26-18-4-2-3-17(11-18)24-12-28/h2-8,11-12H,9-10,13H2,1H3,(H,24,28)(H,26,29)(H2,31,32,33). The van der Waals surface area contributed by atoms with Crippen molar-refractivity contribution in [3.63, 3.8) is 0 Å². The van der Waals surface area contributed by atoms with Crippen LogP contribution in [0, 0.1) is 12.7 Å². The summed E-state index contributed by atoms with van der Waals surface area (Å²) in [6, 6.07) is 11.8. The Morgan fingerprint density at radius 2 is 1.89 bits per heavy atom. The number of thiazole rings is 1. The number of nitrogens with zero attached hydrogens (tertiary/aromatic N) is 2. The Kier molecular flexibility index (Phi) is 9.02. The van der Waals surface area contributed by atoms with Gasteiger partial charge in [-0.1, -0.05) is 6.07 Å². The SMILES string of the molecule is Cc1nc(-c2ccc(F)cc2)sc1CCN(COP(=O)(O)O)C(=O)C(=O)Nc1cccc(NC=O)c1. The summed E-state index contributed by atoms with van der Waals surface area (Å²) >= 11 is 1.31. The van der Waals surface area contributed by atoms with Crippen molar-refractivity contribution in [3.05, 3.63) is 64.9 Å². The molecule has 3 amide bonds. The van der Waals surface area contributed by atoms with Crippen LogP contribution in [0.15, 0.2) is 48.5 Å². The number of aryl methyl sites for hydroxylation is 1. The Balaban J connectivity index is 1.73. The molecule has 14 heteroatoms. The number of phosphoric ester groups is 1. The Bertz CT molecular complexity index is 1300. The van der Waals surface area contributed by atoms with E-state index in [-0.39, 0.29) is 24.5 Å². The van der Waals surface area contributed by atoms with E-state index in [0.717, 1.165) is 9.78 Å². The van der Waals surface area contributed by atoms with Crippen LogP contribution < -0.4 is 10.6 Å². The molecule has 3 aromatic rings. The van der Waals surface area contributed by atoms with Crippen LogP contribution in [0.1, 0.15) is 10.6 Å². The average Bonchev–Trinajstić information content (AvgIpc) is 3.19. The number of anilines is 2. The van der Waals surface area contributed by atoms with E-state index in [1.54, 1.807) is 31.2 Å². The van der Waals surface area contributed by atoms with E-state index < -0.39 is 26.4 Å². The number of hydrogen-bond donors (Lipinski definition) is 4. The molecule has 0 aliphatic rings. The van der Waals surface area contributed by atoms with Gasteiger partial charge in [-0.3, -0.25) is 18.9 Å². The number of benzene rings is 2. The summed E-state index contributed by atoms with van der Waals surface area (Å²) in [7, 11) is -4.92. The van der Waals surface area contributed by atoms with Gasteiger partial charge in [0.2, 0.25) is 6.41 Å². The number of carbonyl (C=O) groups is 3. The van der Waals surface area contributed by atoms with E-state index in [9.17, 15) is 23.3 Å². The van der Waals surface area contributed by atoms with Gasteiger partial charge in [0.1, 0.15) is 17.6 Å². The molecule has 3 rings (SSSR count). The summed E-state index contributed by atoms with van der Waals surface area (Å²) in [5.74, 6) is -2.53. The van der Waals surface area contributed by atoms with Gasteiger partial charge in [-0.05, 0) is 49.4 Å². The Morgan fingerprint density at radius 3 is 2.56 bits per heavy atom. The van der Waals surface area contributed by atoms with Gasteiger partial charge in [0.05, 0.1) is 5.69 Å². The topological polar surface area (TPSA) is 158 Å². The highest BCUT2D eigenvalue weighted by atomic mass is 32.1. The number of halogens is 1. The number of phosphoric acid groups is 1. The highest BCUT2D eigenvalue weighted by molar-refractivity contribution is 7.46. The van der Waals surface area contributed by atoms with Crippen LogP contribution >= 0.6 is 19.2 Å². The largest absolute Gasteiger partial charge is 0.471 e. The predicted octanol–water partition coefficient (Wildman–Crippen LogP) is 2.90. The van der Waals surface area contributed by atoms with Crippen molar-refractivity contribution in [3.8, 4) is 10.6 Å². The van der Waals surface area contributed by atoms with Gasteiger partial charge in [-0.2, -0.15) is 0 Å². The fourth-order valence-corrected chi connectivity index (χ4v) is 4.41. The third-order valence-electron chi connectivity index (χ3n) is 4.80. The van der Waals surface area contributed by atoms with Crippen LogP contribution in [0.25, 0.3) is 10.6 Å². The summed E-state index contributed by atoms with van der Waals surface area (Å²) in [5, 5.41) is 5.43. The van der Waals surface area contributed by atoms with Crippen molar-refractivity contribution in [2.24, 2.45) is 0 Å². The summed E-state index contributed by atoms with van der Waals surface area (Å²) in [6.07, 6.45) is 0.670. The van der Waals surface area contributed by atoms with E-state index in [1.165, 1.54) is 35.6 Å². The molecule has 1 heterocycles. The first-order valence-electron chi connectivity index (χ1n) is 10.4. The van der Waals surface area contributed by atoms with Crippen molar-refractivity contribution >= 4 is 48.8 Å². The monoisotopic (exact) mass is 536 g/mol. The molecular formula is C22H22FN4O7PS. The second kappa shape index (κ2) is 12.0. The lowest BCUT2D eigenvalue weighted by Crippen LogP contribution is -2.42. The molecule has 0 aliphatic carbocycles. The molecule has 0 aliphatic heterocycles. The minimum atomic E-state index is -4.92. The lowest BCUT2D eigenvalue weighted by Gasteiger charge is -2.22. The molecule has 0 fully saturated rings. The Morgan fingerprint density at radius 1 is 1.19 bits per heavy atom. The van der Waals surface area contributed by atoms with Crippen LogP contribution in [-0.4, -0.2) is 51.2 Å². The molecule has 2 aromatic carbocycles. The lowest BCUT2D eigenvalue weighted by atomic mass is 10.2. The van der Waals surface area contributed by atoms with Crippen LogP contribution in [0.3, 0.4) is 0 Å². The molecule has 0 spiro atoms. The van der Waals surface area contributed by atoms with Gasteiger partial charge in [0.25, 0.3) is 0 Å². The highest BCUT2D eigenvalue weighted by Crippen LogP contribution is 2.36. The van der Waals surface area contributed by atoms with Crippen molar-refractivity contribution in [1.82, 2.24) is 9.88 Å². The zero-order valence-corrected chi connectivity index (χ0v) is 20.6. The first-order chi connectivity index (χ1) is 17.1. The summed E-state index contributed by atoms with van der Waals surface area (Å²) < 4.78 is 28.9. The zero-order chi connectivity index (χ0) is 26.3. The Labute approximate surface area is 209 Å². The maximum Gasteiger partial charge on any atom is 0.471 e. The first-order valence-corrected chi connectivity index (χ1v) is 12.7. The van der Waals surface area contributed by atoms with Crippen molar-refractivity contribution in [2.75, 3.05) is 23.9 Å². The second-order valence-electron chi connectivity index (χ2n) is 7.40. The number of nitrogens with one attached hydrogen (secondary N) is 2. The minimum Gasteiger partial charge on any atom is -0.329 e. The maximum atomic E-state index is 13.2. The number of carbonyl (C=O) groups excluding carboxylic acids is 3. The van der Waals surface area contributed by atoms with E-state index in [1.807, 2.05) is 0 Å². The fraction of sp³-hybridized carbons (Fsp3) is 0.182. The molecule has 4 N–H and O–H groups in total. The van der Waals surface area contributed by atoms with E-state index in [0.29, 0.717) is 28.4 Å². The van der Waals surface area contributed by atoms with E-state index in [4.69, 9.17) is 9.79 Å². The molecule has 0 atom stereocenters. The zero-order valence-electron chi connectivity index (χ0n) is 18.9. The van der Waals surface area contributed by atoms with Gasteiger partial charge < -0.3 is 25.3 Å². The molecule has 36 heavy (non-hydrogen) atoms. The van der Waals surface area contributed by atoms with Gasteiger partial charge >= 0.3 is 19.6 Å². The van der Waals surface area contributed by atoms with Crippen LogP contribution in [0.5, 0.6) is 0 Å². The first kappa shape index (κ1) is 27.1. The second-order valence-corrected chi connectivity index (χ2v) is 9.72. The smallest absolute Gasteiger partial charge is 0.329 e. The molecular weight excluding hydrogens is 514 g/mol. The van der Waals surface area contributed by atoms with Crippen molar-refractivity contribution < 1.29 is 37.6 Å². The summed E-state index contributed by atoms with van der Waals surface area (Å²) in [4.78, 5) is 60.2. The van der Waals surface area contributed by atoms with Crippen molar-refractivity contribution in [2.45, 2.75) is 13.3 Å². The molecule has 0 unspecified atom stereocenters. The summed E-state index contributed by atoms with van der Waals surface area (Å²) in [5.41, 5.74) is 1.97. The van der Waals surface area contributed by atoms with Gasteiger partial charge in [-0.15, -0.1) is 11.3 Å². The van der Waals surface area contributed by atoms with E-state index in [2.05, 4.69) is 20.1 Å². The van der Waals surface area contributed by atoms with E-state index >= 15 is 0 Å². The normalized spacial score (nSPS) is 11.1. The Hall–Kier alpha value is -3.48. The third-order valence-corrected chi connectivity index (χ3v) is 6.52. The van der Waals surface area contributed by atoms with Crippen LogP contribution in [0.4, 0.5) is 15.8 Å². The minimum absolute atomic E-state index is 0.106. The lowest BCUT2D eigenvalue weighted by molar-refractivity contribution is -0.145. The quantitative estimate of drug-likeness (QED) is 0.133. The highest BCUT2D eigenvalue weighted by Gasteiger charge is 2.26. The number of hydrogen-bond acceptors (Lipinski definition) is 7. The third kappa shape index (κ3) is 7.77. The summed E-state index contributed by atoms with van der Waals surface area (Å²) in [6.45, 7) is 0.820. The number of aromatic nitrogens is 1. The molecule has 1 aromatic heterocycles. The number of rotatable bonds is 10. The van der Waals surface area contributed by atoms with Gasteiger partial charge in [0, 0.05) is 34.8 Å². The average molecular weight is 536 g/mol. The predicted molar refractivity (Wildman–Crippen MR) is 130 cm³/mol. The molecule has 0 saturated heterocycles. The molecule has 0 saturated carbocycles. The fourth-order valence-electron chi connectivity index (χ4n) is 3.06. The van der Waals surface area contributed by atoms with Crippen LogP contribution in [0.2, 0.25) is 0 Å².